The van der Waals surface area contributed by atoms with Crippen molar-refractivity contribution in [2.45, 2.75) is 12.6 Å². The molecule has 0 amide bonds. The van der Waals surface area contributed by atoms with E-state index in [0.29, 0.717) is 13.1 Å². The standard InChI is InChI=1S/C17H20N4O2/c1-20(11-15(23)12-22)9-13-7-18-17-16(8-19-21(17)10-13)14-5-3-2-4-6-14/h2-8,10,15,22-23H,9,11-12H2,1H3. The number of hydrogen-bond acceptors (Lipinski definition) is 5. The minimum Gasteiger partial charge on any atom is -0.394 e. The average Bonchev–Trinajstić information content (AvgIpc) is 2.98. The molecule has 120 valence electrons. The summed E-state index contributed by atoms with van der Waals surface area (Å²) in [4.78, 5) is 6.47. The van der Waals surface area contributed by atoms with E-state index in [1.807, 2.05) is 60.9 Å². The summed E-state index contributed by atoms with van der Waals surface area (Å²) in [6.45, 7) is 0.796. The highest BCUT2D eigenvalue weighted by atomic mass is 16.3. The SMILES string of the molecule is CN(Cc1cnc2c(-c3ccccc3)cnn2c1)CC(O)CO. The van der Waals surface area contributed by atoms with Crippen LogP contribution in [0.25, 0.3) is 16.8 Å². The summed E-state index contributed by atoms with van der Waals surface area (Å²) in [5.74, 6) is 0. The van der Waals surface area contributed by atoms with Crippen molar-refractivity contribution < 1.29 is 10.2 Å². The second-order valence-corrected chi connectivity index (χ2v) is 5.69. The molecule has 0 aliphatic carbocycles. The first-order valence-corrected chi connectivity index (χ1v) is 7.52. The van der Waals surface area contributed by atoms with Crippen LogP contribution in [0.15, 0.2) is 48.9 Å². The second-order valence-electron chi connectivity index (χ2n) is 5.69. The number of fused-ring (bicyclic) bond motifs is 1. The largest absolute Gasteiger partial charge is 0.394 e. The maximum Gasteiger partial charge on any atom is 0.162 e. The molecule has 6 heteroatoms. The van der Waals surface area contributed by atoms with Gasteiger partial charge in [-0.2, -0.15) is 5.10 Å². The lowest BCUT2D eigenvalue weighted by atomic mass is 10.1. The van der Waals surface area contributed by atoms with Gasteiger partial charge >= 0.3 is 0 Å². The Morgan fingerprint density at radius 3 is 2.74 bits per heavy atom. The van der Waals surface area contributed by atoms with Gasteiger partial charge in [-0.3, -0.25) is 4.90 Å². The van der Waals surface area contributed by atoms with Crippen LogP contribution in [-0.2, 0) is 6.54 Å². The lowest BCUT2D eigenvalue weighted by molar-refractivity contribution is 0.0647. The van der Waals surface area contributed by atoms with Crippen molar-refractivity contribution in [3.05, 3.63) is 54.5 Å². The molecule has 2 aromatic heterocycles. The normalized spacial score (nSPS) is 12.9. The fraction of sp³-hybridized carbons (Fsp3) is 0.294. The minimum atomic E-state index is -0.730. The Morgan fingerprint density at radius 2 is 2.00 bits per heavy atom. The Morgan fingerprint density at radius 1 is 1.22 bits per heavy atom. The van der Waals surface area contributed by atoms with Gasteiger partial charge in [-0.25, -0.2) is 9.50 Å². The highest BCUT2D eigenvalue weighted by Crippen LogP contribution is 2.22. The van der Waals surface area contributed by atoms with Crippen LogP contribution in [0.1, 0.15) is 5.56 Å². The molecular weight excluding hydrogens is 292 g/mol. The van der Waals surface area contributed by atoms with Crippen LogP contribution >= 0.6 is 0 Å². The molecule has 3 rings (SSSR count). The molecule has 0 aliphatic heterocycles. The van der Waals surface area contributed by atoms with Gasteiger partial charge in [0.05, 0.1) is 18.9 Å². The Balaban J connectivity index is 1.81. The highest BCUT2D eigenvalue weighted by molar-refractivity contribution is 5.76. The third kappa shape index (κ3) is 3.56. The van der Waals surface area contributed by atoms with Crippen molar-refractivity contribution in [1.29, 1.82) is 0 Å². The molecule has 0 radical (unpaired) electrons. The summed E-state index contributed by atoms with van der Waals surface area (Å²) in [6.07, 6.45) is 4.86. The summed E-state index contributed by atoms with van der Waals surface area (Å²) in [5, 5.41) is 22.8. The maximum absolute atomic E-state index is 9.48. The summed E-state index contributed by atoms with van der Waals surface area (Å²) in [5.41, 5.74) is 3.90. The first-order chi connectivity index (χ1) is 11.2. The summed E-state index contributed by atoms with van der Waals surface area (Å²) in [7, 11) is 1.89. The van der Waals surface area contributed by atoms with E-state index in [0.717, 1.165) is 22.3 Å². The quantitative estimate of drug-likeness (QED) is 0.715. The van der Waals surface area contributed by atoms with Gasteiger partial charge in [-0.05, 0) is 12.6 Å². The van der Waals surface area contributed by atoms with Crippen LogP contribution in [-0.4, -0.2) is 56.0 Å². The molecule has 2 heterocycles. The minimum absolute atomic E-state index is 0.235. The van der Waals surface area contributed by atoms with E-state index in [-0.39, 0.29) is 6.61 Å². The van der Waals surface area contributed by atoms with E-state index in [9.17, 15) is 5.11 Å². The third-order valence-corrected chi connectivity index (χ3v) is 3.68. The first kappa shape index (κ1) is 15.6. The molecule has 0 saturated heterocycles. The Hall–Kier alpha value is -2.28. The molecule has 1 aromatic carbocycles. The van der Waals surface area contributed by atoms with Gasteiger partial charge in [0.15, 0.2) is 5.65 Å². The Bertz CT molecular complexity index is 773. The predicted molar refractivity (Wildman–Crippen MR) is 87.8 cm³/mol. The molecule has 0 fully saturated rings. The first-order valence-electron chi connectivity index (χ1n) is 7.52. The van der Waals surface area contributed by atoms with Crippen LogP contribution in [0.2, 0.25) is 0 Å². The number of rotatable bonds is 6. The fourth-order valence-corrected chi connectivity index (χ4v) is 2.61. The van der Waals surface area contributed by atoms with Crippen molar-refractivity contribution in [3.8, 4) is 11.1 Å². The van der Waals surface area contributed by atoms with E-state index < -0.39 is 6.10 Å². The van der Waals surface area contributed by atoms with E-state index >= 15 is 0 Å². The number of aromatic nitrogens is 3. The smallest absolute Gasteiger partial charge is 0.162 e. The van der Waals surface area contributed by atoms with Crippen LogP contribution < -0.4 is 0 Å². The van der Waals surface area contributed by atoms with Gasteiger partial charge in [0.25, 0.3) is 0 Å². The fourth-order valence-electron chi connectivity index (χ4n) is 2.61. The predicted octanol–water partition coefficient (Wildman–Crippen LogP) is 1.18. The molecule has 23 heavy (non-hydrogen) atoms. The van der Waals surface area contributed by atoms with Crippen LogP contribution in [0.4, 0.5) is 0 Å². The topological polar surface area (TPSA) is 73.9 Å². The number of aliphatic hydroxyl groups excluding tert-OH is 2. The summed E-state index contributed by atoms with van der Waals surface area (Å²) >= 11 is 0. The Kier molecular flexibility index (Phi) is 4.66. The van der Waals surface area contributed by atoms with E-state index in [4.69, 9.17) is 5.11 Å². The van der Waals surface area contributed by atoms with Crippen molar-refractivity contribution in [2.75, 3.05) is 20.2 Å². The van der Waals surface area contributed by atoms with Gasteiger partial charge in [0, 0.05) is 36.6 Å². The monoisotopic (exact) mass is 312 g/mol. The number of benzene rings is 1. The van der Waals surface area contributed by atoms with E-state index in [1.54, 1.807) is 4.52 Å². The molecule has 0 spiro atoms. The average molecular weight is 312 g/mol. The van der Waals surface area contributed by atoms with Gasteiger partial charge in [-0.15, -0.1) is 0 Å². The third-order valence-electron chi connectivity index (χ3n) is 3.68. The molecule has 6 nitrogen and oxygen atoms in total. The van der Waals surface area contributed by atoms with Gasteiger partial charge in [-0.1, -0.05) is 30.3 Å². The molecule has 1 unspecified atom stereocenters. The maximum atomic E-state index is 9.48. The second kappa shape index (κ2) is 6.87. The van der Waals surface area contributed by atoms with Crippen LogP contribution in [0, 0.1) is 0 Å². The lowest BCUT2D eigenvalue weighted by Crippen LogP contribution is -2.31. The number of hydrogen-bond donors (Lipinski definition) is 2. The van der Waals surface area contributed by atoms with Gasteiger partial charge < -0.3 is 10.2 Å². The van der Waals surface area contributed by atoms with Gasteiger partial charge in [0.2, 0.25) is 0 Å². The molecule has 3 aromatic rings. The van der Waals surface area contributed by atoms with E-state index in [2.05, 4.69) is 10.1 Å². The van der Waals surface area contributed by atoms with Crippen LogP contribution in [0.3, 0.4) is 0 Å². The number of likely N-dealkylation sites (N-methyl/N-ethyl adjacent to an activating group) is 1. The number of nitrogens with zero attached hydrogens (tertiary/aromatic N) is 4. The zero-order valence-electron chi connectivity index (χ0n) is 13.0. The molecular formula is C17H20N4O2. The molecule has 0 bridgehead atoms. The van der Waals surface area contributed by atoms with Gasteiger partial charge in [0.1, 0.15) is 0 Å². The van der Waals surface area contributed by atoms with Crippen molar-refractivity contribution in [2.24, 2.45) is 0 Å². The van der Waals surface area contributed by atoms with Crippen molar-refractivity contribution >= 4 is 5.65 Å². The van der Waals surface area contributed by atoms with Crippen molar-refractivity contribution in [3.63, 3.8) is 0 Å². The molecule has 0 saturated carbocycles. The molecule has 1 atom stereocenters. The zero-order valence-corrected chi connectivity index (χ0v) is 13.0. The summed E-state index contributed by atoms with van der Waals surface area (Å²) in [6, 6.07) is 10.0. The molecule has 0 aliphatic rings. The van der Waals surface area contributed by atoms with E-state index in [1.165, 1.54) is 0 Å². The Labute approximate surface area is 134 Å². The lowest BCUT2D eigenvalue weighted by Gasteiger charge is -2.19. The summed E-state index contributed by atoms with van der Waals surface area (Å²) < 4.78 is 1.77. The highest BCUT2D eigenvalue weighted by Gasteiger charge is 2.11. The molecule has 2 N–H and O–H groups in total. The van der Waals surface area contributed by atoms with Crippen LogP contribution in [0.5, 0.6) is 0 Å². The van der Waals surface area contributed by atoms with Crippen molar-refractivity contribution in [1.82, 2.24) is 19.5 Å². The zero-order chi connectivity index (χ0) is 16.2. The number of aliphatic hydroxyl groups is 2.